The summed E-state index contributed by atoms with van der Waals surface area (Å²) in [7, 11) is 0. The summed E-state index contributed by atoms with van der Waals surface area (Å²) in [5, 5.41) is 6.03. The number of carbonyl (C=O) groups excluding carboxylic acids is 1. The van der Waals surface area contributed by atoms with Gasteiger partial charge in [0.05, 0.1) is 0 Å². The van der Waals surface area contributed by atoms with Crippen molar-refractivity contribution < 1.29 is 4.79 Å². The van der Waals surface area contributed by atoms with E-state index < -0.39 is 0 Å². The van der Waals surface area contributed by atoms with Crippen LogP contribution in [0.1, 0.15) is 47.3 Å². The van der Waals surface area contributed by atoms with Gasteiger partial charge in [0.25, 0.3) is 5.91 Å². The maximum Gasteiger partial charge on any atom is 0.251 e. The number of pyridine rings is 1. The first-order valence-corrected chi connectivity index (χ1v) is 11.1. The molecule has 1 aromatic carbocycles. The van der Waals surface area contributed by atoms with Crippen LogP contribution in [0.25, 0.3) is 10.6 Å². The standard InChI is InChI=1S/C23H26N4OS/c1-17-16-29-23(26-17)20-8-6-19(7-9-20)22(28)25-15-18-10-11-24-21(14-18)27-12-4-2-3-5-13-27/h6-11,14,16H,2-5,12-13,15H2,1H3,(H,25,28). The van der Waals surface area contributed by atoms with Gasteiger partial charge in [-0.3, -0.25) is 4.79 Å². The van der Waals surface area contributed by atoms with E-state index in [1.807, 2.05) is 48.8 Å². The largest absolute Gasteiger partial charge is 0.357 e. The van der Waals surface area contributed by atoms with Crippen LogP contribution in [0.15, 0.2) is 48.0 Å². The molecule has 1 aliphatic heterocycles. The molecular weight excluding hydrogens is 380 g/mol. The normalized spacial score (nSPS) is 14.4. The van der Waals surface area contributed by atoms with Crippen LogP contribution in [0.4, 0.5) is 5.82 Å². The Balaban J connectivity index is 1.37. The molecule has 1 aliphatic rings. The van der Waals surface area contributed by atoms with Gasteiger partial charge in [0.1, 0.15) is 10.8 Å². The minimum absolute atomic E-state index is 0.0694. The Morgan fingerprint density at radius 2 is 1.86 bits per heavy atom. The Kier molecular flexibility index (Phi) is 6.20. The minimum atomic E-state index is -0.0694. The first-order chi connectivity index (χ1) is 14.2. The number of amides is 1. The lowest BCUT2D eigenvalue weighted by atomic mass is 10.1. The summed E-state index contributed by atoms with van der Waals surface area (Å²) < 4.78 is 0. The van der Waals surface area contributed by atoms with Gasteiger partial charge >= 0.3 is 0 Å². The summed E-state index contributed by atoms with van der Waals surface area (Å²) >= 11 is 1.62. The number of nitrogens with zero attached hydrogens (tertiary/aromatic N) is 3. The molecule has 1 saturated heterocycles. The van der Waals surface area contributed by atoms with Gasteiger partial charge in [-0.1, -0.05) is 25.0 Å². The monoisotopic (exact) mass is 406 g/mol. The molecule has 0 saturated carbocycles. The highest BCUT2D eigenvalue weighted by Gasteiger charge is 2.12. The zero-order chi connectivity index (χ0) is 20.1. The highest BCUT2D eigenvalue weighted by molar-refractivity contribution is 7.13. The van der Waals surface area contributed by atoms with Crippen molar-refractivity contribution in [2.45, 2.75) is 39.2 Å². The third-order valence-electron chi connectivity index (χ3n) is 5.21. The molecule has 4 rings (SSSR count). The number of anilines is 1. The SMILES string of the molecule is Cc1csc(-c2ccc(C(=O)NCc3ccnc(N4CCCCCC4)c3)cc2)n1. The first-order valence-electron chi connectivity index (χ1n) is 10.2. The molecule has 0 spiro atoms. The molecule has 0 unspecified atom stereocenters. The number of nitrogens with one attached hydrogen (secondary N) is 1. The smallest absolute Gasteiger partial charge is 0.251 e. The topological polar surface area (TPSA) is 58.1 Å². The van der Waals surface area contributed by atoms with Crippen LogP contribution in [0, 0.1) is 6.92 Å². The van der Waals surface area contributed by atoms with Crippen LogP contribution in [0.3, 0.4) is 0 Å². The highest BCUT2D eigenvalue weighted by atomic mass is 32.1. The summed E-state index contributed by atoms with van der Waals surface area (Å²) in [5.74, 6) is 0.946. The van der Waals surface area contributed by atoms with E-state index in [4.69, 9.17) is 0 Å². The number of benzene rings is 1. The van der Waals surface area contributed by atoms with Gasteiger partial charge in [-0.2, -0.15) is 0 Å². The van der Waals surface area contributed by atoms with E-state index >= 15 is 0 Å². The molecule has 150 valence electrons. The van der Waals surface area contributed by atoms with Crippen LogP contribution in [-0.2, 0) is 6.54 Å². The number of thiazole rings is 1. The maximum absolute atomic E-state index is 12.6. The lowest BCUT2D eigenvalue weighted by Crippen LogP contribution is -2.26. The Hall–Kier alpha value is -2.73. The van der Waals surface area contributed by atoms with Crippen molar-refractivity contribution in [1.82, 2.24) is 15.3 Å². The second-order valence-electron chi connectivity index (χ2n) is 7.48. The Bertz CT molecular complexity index is 959. The molecule has 2 aromatic heterocycles. The van der Waals surface area contributed by atoms with Crippen molar-refractivity contribution >= 4 is 23.1 Å². The molecule has 3 aromatic rings. The molecular formula is C23H26N4OS. The third kappa shape index (κ3) is 5.01. The molecule has 1 fully saturated rings. The Morgan fingerprint density at radius 1 is 1.10 bits per heavy atom. The van der Waals surface area contributed by atoms with Crippen LogP contribution < -0.4 is 10.2 Å². The van der Waals surface area contributed by atoms with E-state index in [1.54, 1.807) is 11.3 Å². The number of rotatable bonds is 5. The van der Waals surface area contributed by atoms with Gasteiger partial charge in [0, 0.05) is 48.0 Å². The van der Waals surface area contributed by atoms with E-state index in [1.165, 1.54) is 25.7 Å². The predicted molar refractivity (Wildman–Crippen MR) is 118 cm³/mol. The minimum Gasteiger partial charge on any atom is -0.357 e. The van der Waals surface area contributed by atoms with E-state index in [-0.39, 0.29) is 5.91 Å². The van der Waals surface area contributed by atoms with Crippen LogP contribution in [0.2, 0.25) is 0 Å². The summed E-state index contributed by atoms with van der Waals surface area (Å²) in [6, 6.07) is 11.7. The van der Waals surface area contributed by atoms with Crippen LogP contribution in [-0.4, -0.2) is 29.0 Å². The van der Waals surface area contributed by atoms with E-state index in [0.29, 0.717) is 12.1 Å². The van der Waals surface area contributed by atoms with Crippen molar-refractivity contribution in [3.63, 3.8) is 0 Å². The van der Waals surface area contributed by atoms with Crippen molar-refractivity contribution in [1.29, 1.82) is 0 Å². The average Bonchev–Trinajstić information content (AvgIpc) is 3.01. The van der Waals surface area contributed by atoms with Gasteiger partial charge in [-0.05, 0) is 49.6 Å². The zero-order valence-electron chi connectivity index (χ0n) is 16.7. The van der Waals surface area contributed by atoms with Crippen LogP contribution in [0.5, 0.6) is 0 Å². The predicted octanol–water partition coefficient (Wildman–Crippen LogP) is 4.82. The fraction of sp³-hybridized carbons (Fsp3) is 0.348. The molecule has 0 atom stereocenters. The third-order valence-corrected chi connectivity index (χ3v) is 6.22. The highest BCUT2D eigenvalue weighted by Crippen LogP contribution is 2.24. The summed E-state index contributed by atoms with van der Waals surface area (Å²) in [6.07, 6.45) is 6.88. The second kappa shape index (κ2) is 9.18. The molecule has 6 heteroatoms. The molecule has 0 radical (unpaired) electrons. The van der Waals surface area contributed by atoms with E-state index in [2.05, 4.69) is 26.3 Å². The summed E-state index contributed by atoms with van der Waals surface area (Å²) in [5.41, 5.74) is 3.78. The van der Waals surface area contributed by atoms with Gasteiger partial charge < -0.3 is 10.2 Å². The number of hydrogen-bond donors (Lipinski definition) is 1. The van der Waals surface area contributed by atoms with Crippen molar-refractivity contribution in [3.05, 3.63) is 64.8 Å². The van der Waals surface area contributed by atoms with E-state index in [0.717, 1.165) is 40.7 Å². The van der Waals surface area contributed by atoms with Gasteiger partial charge in [-0.15, -0.1) is 11.3 Å². The molecule has 29 heavy (non-hydrogen) atoms. The first kappa shape index (κ1) is 19.6. The lowest BCUT2D eigenvalue weighted by molar-refractivity contribution is 0.0951. The second-order valence-corrected chi connectivity index (χ2v) is 8.34. The quantitative estimate of drug-likeness (QED) is 0.660. The number of carbonyl (C=O) groups is 1. The summed E-state index contributed by atoms with van der Waals surface area (Å²) in [4.78, 5) is 23.9. The van der Waals surface area contributed by atoms with E-state index in [9.17, 15) is 4.79 Å². The Labute approximate surface area is 175 Å². The molecule has 0 aliphatic carbocycles. The molecule has 0 bridgehead atoms. The fourth-order valence-electron chi connectivity index (χ4n) is 3.58. The number of hydrogen-bond acceptors (Lipinski definition) is 5. The lowest BCUT2D eigenvalue weighted by Gasteiger charge is -2.21. The van der Waals surface area contributed by atoms with Crippen molar-refractivity contribution in [3.8, 4) is 10.6 Å². The fourth-order valence-corrected chi connectivity index (χ4v) is 4.38. The van der Waals surface area contributed by atoms with Crippen LogP contribution >= 0.6 is 11.3 Å². The van der Waals surface area contributed by atoms with Crippen molar-refractivity contribution in [2.24, 2.45) is 0 Å². The van der Waals surface area contributed by atoms with Gasteiger partial charge in [0.15, 0.2) is 0 Å². The molecule has 1 N–H and O–H groups in total. The van der Waals surface area contributed by atoms with Gasteiger partial charge in [-0.25, -0.2) is 9.97 Å². The molecule has 5 nitrogen and oxygen atoms in total. The zero-order valence-corrected chi connectivity index (χ0v) is 17.5. The number of aryl methyl sites for hydroxylation is 1. The summed E-state index contributed by atoms with van der Waals surface area (Å²) in [6.45, 7) is 4.61. The molecule has 1 amide bonds. The maximum atomic E-state index is 12.6. The Morgan fingerprint density at radius 3 is 2.55 bits per heavy atom. The van der Waals surface area contributed by atoms with Crippen molar-refractivity contribution in [2.75, 3.05) is 18.0 Å². The number of aromatic nitrogens is 2. The average molecular weight is 407 g/mol. The molecule has 3 heterocycles. The van der Waals surface area contributed by atoms with Gasteiger partial charge in [0.2, 0.25) is 0 Å².